The molecule has 7 aromatic carbocycles. The van der Waals surface area contributed by atoms with Gasteiger partial charge in [-0.1, -0.05) is 151 Å². The molecule has 316 valence electrons. The predicted molar refractivity (Wildman–Crippen MR) is 269 cm³/mol. The van der Waals surface area contributed by atoms with Gasteiger partial charge in [0.05, 0.1) is 50.1 Å². The summed E-state index contributed by atoms with van der Waals surface area (Å²) in [5.74, 6) is 0.688. The lowest BCUT2D eigenvalue weighted by Gasteiger charge is -2.23. The second kappa shape index (κ2) is 14.2. The van der Waals surface area contributed by atoms with Gasteiger partial charge in [0.25, 0.3) is 0 Å². The van der Waals surface area contributed by atoms with Crippen LogP contribution in [-0.2, 0) is 11.8 Å². The largest absolute Gasteiger partial charge is 0.507 e. The molecule has 0 bridgehead atoms. The third kappa shape index (κ3) is 6.15. The van der Waals surface area contributed by atoms with Gasteiger partial charge in [-0.15, -0.1) is 0 Å². The molecule has 0 fully saturated rings. The van der Waals surface area contributed by atoms with E-state index in [0.717, 1.165) is 66.4 Å². The first-order chi connectivity index (χ1) is 32.2. The maximum atomic E-state index is 11.5. The Morgan fingerprint density at radius 3 is 2.03 bits per heavy atom. The molecule has 6 heteroatoms. The molecule has 0 aliphatic heterocycles. The zero-order chi connectivity index (χ0) is 46.1. The molecule has 0 amide bonds. The van der Waals surface area contributed by atoms with Gasteiger partial charge in [-0.3, -0.25) is 8.97 Å². The van der Waals surface area contributed by atoms with Crippen LogP contribution in [0.1, 0.15) is 55.4 Å². The van der Waals surface area contributed by atoms with E-state index in [2.05, 4.69) is 127 Å². The van der Waals surface area contributed by atoms with Gasteiger partial charge in [0, 0.05) is 41.0 Å². The van der Waals surface area contributed by atoms with Crippen molar-refractivity contribution in [3.8, 4) is 56.5 Å². The maximum Gasteiger partial charge on any atom is 0.213 e. The molecular weight excluding hydrogens is 797 g/mol. The number of benzene rings is 7. The zero-order valence-electron chi connectivity index (χ0n) is 39.2. The molecule has 5 aromatic heterocycles. The van der Waals surface area contributed by atoms with Crippen molar-refractivity contribution in [2.45, 2.75) is 53.3 Å². The van der Waals surface area contributed by atoms with Crippen molar-refractivity contribution >= 4 is 60.3 Å². The summed E-state index contributed by atoms with van der Waals surface area (Å²) >= 11 is 0. The smallest absolute Gasteiger partial charge is 0.213 e. The minimum Gasteiger partial charge on any atom is -0.507 e. The summed E-state index contributed by atoms with van der Waals surface area (Å²) in [4.78, 5) is 10.9. The Morgan fingerprint density at radius 1 is 0.585 bits per heavy atom. The van der Waals surface area contributed by atoms with E-state index in [1.165, 1.54) is 16.3 Å². The topological polar surface area (TPSA) is 68.5 Å². The van der Waals surface area contributed by atoms with Crippen LogP contribution in [0.15, 0.2) is 168 Å². The number of pyridine rings is 1. The van der Waals surface area contributed by atoms with Crippen molar-refractivity contribution in [2.75, 3.05) is 0 Å². The molecule has 1 N–H and O–H groups in total. The van der Waals surface area contributed by atoms with Crippen LogP contribution in [0, 0.1) is 5.41 Å². The lowest BCUT2D eigenvalue weighted by atomic mass is 9.85. The van der Waals surface area contributed by atoms with Crippen molar-refractivity contribution < 1.29 is 12.3 Å². The second-order valence-electron chi connectivity index (χ2n) is 19.3. The number of imidazole rings is 1. The Balaban J connectivity index is 1.13. The molecule has 0 aliphatic rings. The normalized spacial score (nSPS) is 13.3. The van der Waals surface area contributed by atoms with Crippen LogP contribution >= 0.6 is 0 Å². The summed E-state index contributed by atoms with van der Waals surface area (Å²) < 4.78 is 30.7. The van der Waals surface area contributed by atoms with E-state index in [1.54, 1.807) is 6.07 Å². The predicted octanol–water partition coefficient (Wildman–Crippen LogP) is 15.6. The Kier molecular flexibility index (Phi) is 8.00. The van der Waals surface area contributed by atoms with E-state index in [1.807, 2.05) is 81.4 Å². The van der Waals surface area contributed by atoms with Gasteiger partial charge >= 0.3 is 0 Å². The summed E-state index contributed by atoms with van der Waals surface area (Å²) in [6.07, 6.45) is -1.76. The number of hydrogen-bond acceptors (Lipinski definition) is 4. The molecule has 65 heavy (non-hydrogen) atoms. The fourth-order valence-electron chi connectivity index (χ4n) is 9.91. The molecule has 0 atom stereocenters. The maximum absolute atomic E-state index is 11.5. The van der Waals surface area contributed by atoms with Crippen molar-refractivity contribution in [1.82, 2.24) is 18.9 Å². The highest BCUT2D eigenvalue weighted by atomic mass is 16.3. The summed E-state index contributed by atoms with van der Waals surface area (Å²) in [6, 6.07) is 55.3. The zero-order valence-corrected chi connectivity index (χ0v) is 37.2. The van der Waals surface area contributed by atoms with E-state index in [0.29, 0.717) is 39.4 Å². The van der Waals surface area contributed by atoms with E-state index in [9.17, 15) is 7.85 Å². The molecule has 0 saturated heterocycles. The second-order valence-corrected chi connectivity index (χ2v) is 19.3. The first-order valence-corrected chi connectivity index (χ1v) is 22.3. The van der Waals surface area contributed by atoms with E-state index in [4.69, 9.17) is 14.4 Å². The average molecular weight is 847 g/mol. The van der Waals surface area contributed by atoms with Gasteiger partial charge < -0.3 is 9.52 Å². The summed E-state index contributed by atoms with van der Waals surface area (Å²) in [5.41, 5.74) is 12.3. The Morgan fingerprint density at radius 2 is 1.23 bits per heavy atom. The fraction of sp³-hybridized carbons (Fsp3) is 0.153. The minimum atomic E-state index is -1.76. The molecule has 0 aliphatic carbocycles. The molecule has 0 radical (unpaired) electrons. The molecular formula is C59H48N4O2. The quantitative estimate of drug-likeness (QED) is 0.181. The van der Waals surface area contributed by atoms with Crippen LogP contribution < -0.4 is 0 Å². The fourth-order valence-corrected chi connectivity index (χ4v) is 9.91. The molecule has 0 unspecified atom stereocenters. The molecule has 0 saturated carbocycles. The van der Waals surface area contributed by atoms with Crippen LogP contribution in [-0.4, -0.2) is 24.0 Å². The number of nitrogens with zero attached hydrogens (tertiary/aromatic N) is 4. The first-order valence-electron chi connectivity index (χ1n) is 23.3. The highest BCUT2D eigenvalue weighted by molar-refractivity contribution is 6.28. The SMILES string of the molecule is [2H]C([2H])(c1cc(-c2cccc3c2nc(-c2ccccc2O)n3-c2ccc(C(C)(C)C)cc2-c2ccccc2)nc(-c2cccc3c2oc2c3c3cccc4c5ccccc5n2c43)c1)C(C)(C)C. The Hall–Kier alpha value is -7.70. The number of phenols is 1. The van der Waals surface area contributed by atoms with Crippen LogP contribution in [0.3, 0.4) is 0 Å². The van der Waals surface area contributed by atoms with Gasteiger partial charge in [0.15, 0.2) is 0 Å². The highest BCUT2D eigenvalue weighted by Gasteiger charge is 2.27. The van der Waals surface area contributed by atoms with Crippen LogP contribution in [0.4, 0.5) is 0 Å². The number of aromatic hydroxyl groups is 1. The standard InChI is InChI=1S/C59H48N4O2/c1-58(2,3)34-35-31-46(60-47(32-35)41-23-15-25-44-52-43-24-14-21-39-38-19-10-12-26-48(38)63(54(39)43)57(52)65-55(41)44)40-22-16-27-50-53(40)61-56(42-20-11-13-28-51(42)64)62(50)49-30-29-37(59(4,5)6)33-45(49)36-17-8-7-9-18-36/h7-33,64H,34H2,1-6H3/i34D2. The summed E-state index contributed by atoms with van der Waals surface area (Å²) in [5, 5.41) is 17.0. The van der Waals surface area contributed by atoms with Gasteiger partial charge in [-0.05, 0) is 88.5 Å². The molecule has 12 aromatic rings. The van der Waals surface area contributed by atoms with E-state index < -0.39 is 11.8 Å². The Labute approximate surface area is 380 Å². The minimum absolute atomic E-state index is 0.104. The average Bonchev–Trinajstić information content (AvgIpc) is 4.08. The van der Waals surface area contributed by atoms with Gasteiger partial charge in [-0.2, -0.15) is 0 Å². The number of aromatic nitrogens is 4. The Bertz CT molecular complexity index is 3940. The summed E-state index contributed by atoms with van der Waals surface area (Å²) in [7, 11) is 0. The van der Waals surface area contributed by atoms with Gasteiger partial charge in [0.2, 0.25) is 5.71 Å². The van der Waals surface area contributed by atoms with Crippen LogP contribution in [0.2, 0.25) is 0 Å². The van der Waals surface area contributed by atoms with Gasteiger partial charge in [-0.25, -0.2) is 9.97 Å². The molecule has 6 nitrogen and oxygen atoms in total. The molecule has 12 rings (SSSR count). The summed E-state index contributed by atoms with van der Waals surface area (Å²) in [6.45, 7) is 12.5. The third-order valence-corrected chi connectivity index (χ3v) is 12.8. The number of hydrogen-bond donors (Lipinski definition) is 1. The van der Waals surface area contributed by atoms with Crippen molar-refractivity contribution in [1.29, 1.82) is 0 Å². The van der Waals surface area contributed by atoms with Crippen LogP contribution in [0.25, 0.3) is 111 Å². The lowest BCUT2D eigenvalue weighted by Crippen LogP contribution is -2.12. The van der Waals surface area contributed by atoms with Crippen LogP contribution in [0.5, 0.6) is 5.75 Å². The highest BCUT2D eigenvalue weighted by Crippen LogP contribution is 2.46. The van der Waals surface area contributed by atoms with Gasteiger partial charge in [0.1, 0.15) is 17.2 Å². The number of rotatable bonds is 6. The van der Waals surface area contributed by atoms with Crippen molar-refractivity contribution in [3.05, 3.63) is 175 Å². The first kappa shape index (κ1) is 36.8. The van der Waals surface area contributed by atoms with E-state index >= 15 is 0 Å². The van der Waals surface area contributed by atoms with Crippen molar-refractivity contribution in [3.63, 3.8) is 0 Å². The van der Waals surface area contributed by atoms with E-state index in [-0.39, 0.29) is 11.2 Å². The third-order valence-electron chi connectivity index (χ3n) is 12.8. The van der Waals surface area contributed by atoms with Crippen molar-refractivity contribution in [2.24, 2.45) is 5.41 Å². The number of furan rings is 1. The number of fused-ring (bicyclic) bond motifs is 9. The molecule has 5 heterocycles. The monoisotopic (exact) mass is 846 g/mol. The number of para-hydroxylation sites is 5. The molecule has 0 spiro atoms. The lowest BCUT2D eigenvalue weighted by molar-refractivity contribution is 0.411. The number of phenolic OH excluding ortho intramolecular Hbond substituents is 1.